The molecule has 1 saturated heterocycles. The molecule has 3 heterocycles. The molecule has 1 atom stereocenters. The molecule has 0 N–H and O–H groups in total. The van der Waals surface area contributed by atoms with Gasteiger partial charge in [-0.2, -0.15) is 0 Å². The van der Waals surface area contributed by atoms with Crippen LogP contribution in [0.3, 0.4) is 0 Å². The van der Waals surface area contributed by atoms with Crippen LogP contribution in [0.1, 0.15) is 35.0 Å². The Labute approximate surface area is 182 Å². The zero-order valence-corrected chi connectivity index (χ0v) is 17.9. The quantitative estimate of drug-likeness (QED) is 0.647. The maximum atomic E-state index is 14.4. The molecule has 0 unspecified atom stereocenters. The monoisotopic (exact) mass is 451 g/mol. The fourth-order valence-corrected chi connectivity index (χ4v) is 5.05. The number of hydrogen-bond donors (Lipinski definition) is 0. The van der Waals surface area contributed by atoms with Gasteiger partial charge in [0, 0.05) is 24.5 Å². The number of fused-ring (bicyclic) bond motifs is 1. The van der Waals surface area contributed by atoms with Crippen LogP contribution in [-0.4, -0.2) is 49.7 Å². The minimum atomic E-state index is -1.11. The number of esters is 1. The lowest BCUT2D eigenvalue weighted by molar-refractivity contribution is -0.158. The highest BCUT2D eigenvalue weighted by Crippen LogP contribution is 2.42. The number of halogens is 2. The summed E-state index contributed by atoms with van der Waals surface area (Å²) < 4.78 is 44.2. The molecule has 0 bridgehead atoms. The van der Waals surface area contributed by atoms with E-state index >= 15 is 0 Å². The second kappa shape index (κ2) is 8.82. The van der Waals surface area contributed by atoms with E-state index in [0.717, 1.165) is 12.1 Å². The highest BCUT2D eigenvalue weighted by molar-refractivity contribution is 7.12. The number of piperidine rings is 1. The molecule has 0 aliphatic carbocycles. The summed E-state index contributed by atoms with van der Waals surface area (Å²) in [7, 11) is 0. The average molecular weight is 451 g/mol. The maximum absolute atomic E-state index is 14.4. The van der Waals surface area contributed by atoms with Crippen molar-refractivity contribution in [3.63, 3.8) is 0 Å². The summed E-state index contributed by atoms with van der Waals surface area (Å²) in [5.74, 6) is -1.17. The number of rotatable bonds is 5. The van der Waals surface area contributed by atoms with E-state index in [4.69, 9.17) is 14.2 Å². The summed E-state index contributed by atoms with van der Waals surface area (Å²) in [5, 5.41) is 1.73. The lowest BCUT2D eigenvalue weighted by Gasteiger charge is -2.41. The molecule has 2 aromatic rings. The number of benzene rings is 1. The third-order valence-electron chi connectivity index (χ3n) is 5.61. The van der Waals surface area contributed by atoms with Crippen molar-refractivity contribution in [2.75, 3.05) is 32.9 Å². The van der Waals surface area contributed by atoms with Crippen molar-refractivity contribution in [3.05, 3.63) is 45.7 Å². The molecule has 31 heavy (non-hydrogen) atoms. The number of carbonyl (C=O) groups is 2. The minimum absolute atomic E-state index is 0.0177. The van der Waals surface area contributed by atoms with Gasteiger partial charge in [0.25, 0.3) is 5.91 Å². The number of amides is 1. The van der Waals surface area contributed by atoms with Crippen LogP contribution >= 0.6 is 11.3 Å². The Bertz CT molecular complexity index is 994. The predicted octanol–water partition coefficient (Wildman–Crippen LogP) is 3.83. The van der Waals surface area contributed by atoms with E-state index in [-0.39, 0.29) is 31.0 Å². The van der Waals surface area contributed by atoms with E-state index < -0.39 is 23.0 Å². The largest absolute Gasteiger partial charge is 0.485 e. The number of likely N-dealkylation sites (tertiary alicyclic amines) is 1. The summed E-state index contributed by atoms with van der Waals surface area (Å²) in [6.45, 7) is 3.19. The molecule has 166 valence electrons. The first-order chi connectivity index (χ1) is 14.9. The highest BCUT2D eigenvalue weighted by atomic mass is 32.1. The van der Waals surface area contributed by atoms with Crippen molar-refractivity contribution in [1.29, 1.82) is 0 Å². The second-order valence-electron chi connectivity index (χ2n) is 7.70. The highest BCUT2D eigenvalue weighted by Gasteiger charge is 2.46. The fourth-order valence-electron chi connectivity index (χ4n) is 4.16. The first-order valence-electron chi connectivity index (χ1n) is 10.2. The number of hydrogen-bond acceptors (Lipinski definition) is 6. The summed E-state index contributed by atoms with van der Waals surface area (Å²) in [6.07, 6.45) is 1.01. The van der Waals surface area contributed by atoms with E-state index in [1.54, 1.807) is 17.2 Å². The van der Waals surface area contributed by atoms with Crippen molar-refractivity contribution in [3.8, 4) is 11.5 Å². The van der Waals surface area contributed by atoms with E-state index in [2.05, 4.69) is 0 Å². The smallest absolute Gasteiger partial charge is 0.314 e. The molecule has 1 aromatic carbocycles. The van der Waals surface area contributed by atoms with Gasteiger partial charge in [-0.3, -0.25) is 9.59 Å². The molecule has 0 radical (unpaired) electrons. The molecule has 4 rings (SSSR count). The van der Waals surface area contributed by atoms with Gasteiger partial charge in [0.15, 0.2) is 11.5 Å². The van der Waals surface area contributed by atoms with Crippen molar-refractivity contribution in [2.24, 2.45) is 5.41 Å². The molecular formula is C22H23F2NO5S. The zero-order valence-electron chi connectivity index (χ0n) is 17.1. The van der Waals surface area contributed by atoms with Gasteiger partial charge in [0.1, 0.15) is 29.7 Å². The normalized spacial score (nSPS) is 20.4. The molecule has 1 aromatic heterocycles. The molecule has 2 aliphatic rings. The van der Waals surface area contributed by atoms with Crippen LogP contribution in [0, 0.1) is 17.0 Å². The van der Waals surface area contributed by atoms with Crippen LogP contribution in [0.4, 0.5) is 8.78 Å². The number of thiophene rings is 1. The third kappa shape index (κ3) is 4.23. The maximum Gasteiger partial charge on any atom is 0.314 e. The third-order valence-corrected chi connectivity index (χ3v) is 6.54. The molecule has 1 fully saturated rings. The molecular weight excluding hydrogens is 428 g/mol. The Hall–Kier alpha value is -2.68. The SMILES string of the molecule is CCOC(=O)[C@@]1(Cc2ccc(F)cc2F)CCCN(C(=O)c2scc3c2OCCO3)C1. The summed E-state index contributed by atoms with van der Waals surface area (Å²) in [6, 6.07) is 3.31. The van der Waals surface area contributed by atoms with Crippen LogP contribution < -0.4 is 9.47 Å². The van der Waals surface area contributed by atoms with Crippen molar-refractivity contribution in [1.82, 2.24) is 4.90 Å². The predicted molar refractivity (Wildman–Crippen MR) is 110 cm³/mol. The Morgan fingerprint density at radius 3 is 2.84 bits per heavy atom. The van der Waals surface area contributed by atoms with Gasteiger partial charge in [0.2, 0.25) is 0 Å². The molecule has 0 spiro atoms. The first kappa shape index (κ1) is 21.5. The van der Waals surface area contributed by atoms with Gasteiger partial charge >= 0.3 is 5.97 Å². The molecule has 2 aliphatic heterocycles. The lowest BCUT2D eigenvalue weighted by Crippen LogP contribution is -2.51. The van der Waals surface area contributed by atoms with Gasteiger partial charge in [-0.05, 0) is 37.8 Å². The Balaban J connectivity index is 1.62. The number of carbonyl (C=O) groups excluding carboxylic acids is 2. The molecule has 1 amide bonds. The van der Waals surface area contributed by atoms with Crippen molar-refractivity contribution < 1.29 is 32.6 Å². The van der Waals surface area contributed by atoms with Gasteiger partial charge in [-0.1, -0.05) is 6.07 Å². The Kier molecular flexibility index (Phi) is 6.13. The topological polar surface area (TPSA) is 65.1 Å². The summed E-state index contributed by atoms with van der Waals surface area (Å²) in [5.41, 5.74) is -0.897. The Morgan fingerprint density at radius 1 is 1.26 bits per heavy atom. The van der Waals surface area contributed by atoms with E-state index in [0.29, 0.717) is 49.0 Å². The van der Waals surface area contributed by atoms with Gasteiger partial charge in [-0.15, -0.1) is 11.3 Å². The first-order valence-corrected chi connectivity index (χ1v) is 11.1. The zero-order chi connectivity index (χ0) is 22.0. The van der Waals surface area contributed by atoms with Crippen LogP contribution in [0.5, 0.6) is 11.5 Å². The van der Waals surface area contributed by atoms with Crippen LogP contribution in [0.15, 0.2) is 23.6 Å². The standard InChI is InChI=1S/C22H23F2NO5S/c1-2-28-21(27)22(11-14-4-5-15(23)10-16(14)24)6-3-7-25(13-22)20(26)19-18-17(12-31-19)29-8-9-30-18/h4-5,10,12H,2-3,6-9,11,13H2,1H3/t22-/m1/s1. The van der Waals surface area contributed by atoms with Gasteiger partial charge in [-0.25, -0.2) is 8.78 Å². The lowest BCUT2D eigenvalue weighted by atomic mass is 9.75. The molecule has 0 saturated carbocycles. The van der Waals surface area contributed by atoms with Crippen LogP contribution in [0.2, 0.25) is 0 Å². The molecule has 9 heteroatoms. The Morgan fingerprint density at radius 2 is 2.06 bits per heavy atom. The van der Waals surface area contributed by atoms with Gasteiger partial charge < -0.3 is 19.1 Å². The summed E-state index contributed by atoms with van der Waals surface area (Å²) in [4.78, 5) is 28.3. The molecule has 6 nitrogen and oxygen atoms in total. The number of ether oxygens (including phenoxy) is 3. The average Bonchev–Trinajstić information content (AvgIpc) is 3.20. The van der Waals surface area contributed by atoms with Crippen LogP contribution in [-0.2, 0) is 16.0 Å². The summed E-state index contributed by atoms with van der Waals surface area (Å²) >= 11 is 1.23. The van der Waals surface area contributed by atoms with Crippen molar-refractivity contribution >= 4 is 23.2 Å². The van der Waals surface area contributed by atoms with Gasteiger partial charge in [0.05, 0.1) is 12.0 Å². The van der Waals surface area contributed by atoms with E-state index in [1.807, 2.05) is 0 Å². The number of nitrogens with zero attached hydrogens (tertiary/aromatic N) is 1. The van der Waals surface area contributed by atoms with Crippen molar-refractivity contribution in [2.45, 2.75) is 26.2 Å². The van der Waals surface area contributed by atoms with Crippen LogP contribution in [0.25, 0.3) is 0 Å². The fraction of sp³-hybridized carbons (Fsp3) is 0.455. The second-order valence-corrected chi connectivity index (χ2v) is 8.58. The van der Waals surface area contributed by atoms with E-state index in [9.17, 15) is 18.4 Å². The minimum Gasteiger partial charge on any atom is -0.485 e. The van der Waals surface area contributed by atoms with E-state index in [1.165, 1.54) is 17.4 Å².